The Labute approximate surface area is 119 Å². The van der Waals surface area contributed by atoms with Crippen molar-refractivity contribution in [1.82, 2.24) is 9.55 Å². The Morgan fingerprint density at radius 3 is 2.68 bits per heavy atom. The predicted octanol–water partition coefficient (Wildman–Crippen LogP) is 3.30. The van der Waals surface area contributed by atoms with Crippen LogP contribution in [0.15, 0.2) is 29.1 Å². The maximum absolute atomic E-state index is 13.4. The lowest BCUT2D eigenvalue weighted by Gasteiger charge is -2.11. The minimum absolute atomic E-state index is 0.0565. The van der Waals surface area contributed by atoms with Crippen LogP contribution in [0.25, 0.3) is 0 Å². The van der Waals surface area contributed by atoms with Crippen LogP contribution in [0.3, 0.4) is 0 Å². The van der Waals surface area contributed by atoms with Gasteiger partial charge in [0.05, 0.1) is 11.6 Å². The molecule has 0 aliphatic carbocycles. The third-order valence-corrected chi connectivity index (χ3v) is 3.20. The highest BCUT2D eigenvalue weighted by atomic mass is 35.5. The zero-order chi connectivity index (χ0) is 14.0. The van der Waals surface area contributed by atoms with E-state index in [0.717, 1.165) is 0 Å². The van der Waals surface area contributed by atoms with E-state index in [-0.39, 0.29) is 22.3 Å². The van der Waals surface area contributed by atoms with Crippen LogP contribution in [0.1, 0.15) is 18.3 Å². The van der Waals surface area contributed by atoms with E-state index in [2.05, 4.69) is 4.98 Å². The van der Waals surface area contributed by atoms with Gasteiger partial charge in [-0.1, -0.05) is 36.2 Å². The number of aromatic nitrogens is 2. The van der Waals surface area contributed by atoms with Crippen LogP contribution in [0.2, 0.25) is 10.2 Å². The first kappa shape index (κ1) is 14.0. The molecule has 6 heteroatoms. The van der Waals surface area contributed by atoms with Crippen molar-refractivity contribution >= 4 is 23.2 Å². The van der Waals surface area contributed by atoms with Crippen LogP contribution in [0.4, 0.5) is 4.39 Å². The van der Waals surface area contributed by atoms with Crippen molar-refractivity contribution in [1.29, 1.82) is 0 Å². The Bertz CT molecular complexity index is 670. The van der Waals surface area contributed by atoms with Crippen molar-refractivity contribution in [2.45, 2.75) is 19.9 Å². The highest BCUT2D eigenvalue weighted by Crippen LogP contribution is 2.16. The zero-order valence-corrected chi connectivity index (χ0v) is 11.7. The molecule has 0 atom stereocenters. The SMILES string of the molecule is CCc1nc(Cl)cc(=O)n1Cc1ccc(Cl)c(F)c1. The summed E-state index contributed by atoms with van der Waals surface area (Å²) in [6.07, 6.45) is 0.561. The summed E-state index contributed by atoms with van der Waals surface area (Å²) < 4.78 is 14.8. The summed E-state index contributed by atoms with van der Waals surface area (Å²) in [5.74, 6) is 0.0556. The van der Waals surface area contributed by atoms with Crippen molar-refractivity contribution in [2.24, 2.45) is 0 Å². The molecule has 3 nitrogen and oxygen atoms in total. The number of nitrogens with zero attached hydrogens (tertiary/aromatic N) is 2. The average Bonchev–Trinajstić information content (AvgIpc) is 2.36. The first-order valence-electron chi connectivity index (χ1n) is 5.71. The number of hydrogen-bond acceptors (Lipinski definition) is 2. The molecule has 0 spiro atoms. The predicted molar refractivity (Wildman–Crippen MR) is 73.4 cm³/mol. The lowest BCUT2D eigenvalue weighted by molar-refractivity contribution is 0.619. The number of aryl methyl sites for hydroxylation is 1. The van der Waals surface area contributed by atoms with Gasteiger partial charge in [0.1, 0.15) is 16.8 Å². The zero-order valence-electron chi connectivity index (χ0n) is 10.2. The van der Waals surface area contributed by atoms with Gasteiger partial charge < -0.3 is 0 Å². The average molecular weight is 301 g/mol. The molecule has 0 amide bonds. The molecule has 1 aromatic carbocycles. The normalized spacial score (nSPS) is 10.7. The minimum Gasteiger partial charge on any atom is -0.292 e. The smallest absolute Gasteiger partial charge is 0.255 e. The second-order valence-corrected chi connectivity index (χ2v) is 4.82. The van der Waals surface area contributed by atoms with Crippen LogP contribution in [-0.2, 0) is 13.0 Å². The third kappa shape index (κ3) is 3.14. The summed E-state index contributed by atoms with van der Waals surface area (Å²) in [6, 6.07) is 5.69. The number of rotatable bonds is 3. The quantitative estimate of drug-likeness (QED) is 0.815. The highest BCUT2D eigenvalue weighted by Gasteiger charge is 2.08. The van der Waals surface area contributed by atoms with E-state index in [9.17, 15) is 9.18 Å². The van der Waals surface area contributed by atoms with E-state index in [1.165, 1.54) is 22.8 Å². The molecule has 0 unspecified atom stereocenters. The summed E-state index contributed by atoms with van der Waals surface area (Å²) >= 11 is 11.4. The molecule has 2 rings (SSSR count). The maximum Gasteiger partial charge on any atom is 0.255 e. The lowest BCUT2D eigenvalue weighted by atomic mass is 10.2. The van der Waals surface area contributed by atoms with Gasteiger partial charge >= 0.3 is 0 Å². The van der Waals surface area contributed by atoms with Crippen LogP contribution in [-0.4, -0.2) is 9.55 Å². The fraction of sp³-hybridized carbons (Fsp3) is 0.231. The molecule has 0 bridgehead atoms. The van der Waals surface area contributed by atoms with Gasteiger partial charge in [-0.15, -0.1) is 0 Å². The second kappa shape index (κ2) is 5.72. The van der Waals surface area contributed by atoms with Crippen molar-refractivity contribution in [2.75, 3.05) is 0 Å². The summed E-state index contributed by atoms with van der Waals surface area (Å²) in [7, 11) is 0. The van der Waals surface area contributed by atoms with E-state index in [4.69, 9.17) is 23.2 Å². The van der Waals surface area contributed by atoms with Gasteiger partial charge in [0.25, 0.3) is 5.56 Å². The Hall–Kier alpha value is -1.39. The highest BCUT2D eigenvalue weighted by molar-refractivity contribution is 6.30. The fourth-order valence-corrected chi connectivity index (χ4v) is 2.09. The third-order valence-electron chi connectivity index (χ3n) is 2.70. The molecule has 0 N–H and O–H groups in total. The molecule has 0 fully saturated rings. The number of benzene rings is 1. The van der Waals surface area contributed by atoms with E-state index in [0.29, 0.717) is 17.8 Å². The second-order valence-electron chi connectivity index (χ2n) is 4.02. The summed E-state index contributed by atoms with van der Waals surface area (Å²) in [5.41, 5.74) is 0.384. The van der Waals surface area contributed by atoms with Gasteiger partial charge in [0.15, 0.2) is 0 Å². The molecular formula is C13H11Cl2FN2O. The minimum atomic E-state index is -0.507. The molecule has 0 radical (unpaired) electrons. The van der Waals surface area contributed by atoms with Crippen LogP contribution in [0, 0.1) is 5.82 Å². The van der Waals surface area contributed by atoms with Gasteiger partial charge in [-0.3, -0.25) is 9.36 Å². The van der Waals surface area contributed by atoms with Gasteiger partial charge in [0.2, 0.25) is 0 Å². The summed E-state index contributed by atoms with van der Waals surface area (Å²) in [5, 5.41) is 0.224. The van der Waals surface area contributed by atoms with E-state index in [1.807, 2.05) is 6.92 Å². The molecular weight excluding hydrogens is 290 g/mol. The summed E-state index contributed by atoms with van der Waals surface area (Å²) in [6.45, 7) is 2.11. The molecule has 19 heavy (non-hydrogen) atoms. The van der Waals surface area contributed by atoms with E-state index < -0.39 is 5.82 Å². The van der Waals surface area contributed by atoms with Crippen LogP contribution < -0.4 is 5.56 Å². The van der Waals surface area contributed by atoms with Gasteiger partial charge in [-0.25, -0.2) is 9.37 Å². The number of hydrogen-bond donors (Lipinski definition) is 0. The van der Waals surface area contributed by atoms with Crippen molar-refractivity contribution in [3.63, 3.8) is 0 Å². The van der Waals surface area contributed by atoms with E-state index >= 15 is 0 Å². The Balaban J connectivity index is 2.43. The molecule has 0 aliphatic heterocycles. The Morgan fingerprint density at radius 1 is 1.32 bits per heavy atom. The lowest BCUT2D eigenvalue weighted by Crippen LogP contribution is -2.24. The number of halogens is 3. The van der Waals surface area contributed by atoms with E-state index in [1.54, 1.807) is 6.07 Å². The largest absolute Gasteiger partial charge is 0.292 e. The molecule has 0 saturated carbocycles. The van der Waals surface area contributed by atoms with Crippen LogP contribution >= 0.6 is 23.2 Å². The Kier molecular flexibility index (Phi) is 4.22. The molecule has 2 aromatic rings. The van der Waals surface area contributed by atoms with Gasteiger partial charge in [0, 0.05) is 12.5 Å². The first-order valence-corrected chi connectivity index (χ1v) is 6.47. The fourth-order valence-electron chi connectivity index (χ4n) is 1.78. The Morgan fingerprint density at radius 2 is 2.05 bits per heavy atom. The summed E-state index contributed by atoms with van der Waals surface area (Å²) in [4.78, 5) is 16.0. The molecule has 1 heterocycles. The molecule has 0 aliphatic rings. The van der Waals surface area contributed by atoms with Crippen molar-refractivity contribution < 1.29 is 4.39 Å². The maximum atomic E-state index is 13.4. The first-order chi connectivity index (χ1) is 9.01. The van der Waals surface area contributed by atoms with Gasteiger partial charge in [-0.2, -0.15) is 0 Å². The monoisotopic (exact) mass is 300 g/mol. The molecule has 0 saturated heterocycles. The topological polar surface area (TPSA) is 34.9 Å². The van der Waals surface area contributed by atoms with Crippen molar-refractivity contribution in [3.05, 3.63) is 62.0 Å². The molecule has 1 aromatic heterocycles. The standard InChI is InChI=1S/C13H11Cl2FN2O/c1-2-12-17-11(15)6-13(19)18(12)7-8-3-4-9(14)10(16)5-8/h3-6H,2,7H2,1H3. The van der Waals surface area contributed by atoms with Crippen molar-refractivity contribution in [3.8, 4) is 0 Å². The van der Waals surface area contributed by atoms with Gasteiger partial charge in [-0.05, 0) is 17.7 Å². The van der Waals surface area contributed by atoms with Crippen LogP contribution in [0.5, 0.6) is 0 Å². The molecule has 100 valence electrons.